The summed E-state index contributed by atoms with van der Waals surface area (Å²) in [5.74, 6) is 5.89. The van der Waals surface area contributed by atoms with Crippen molar-refractivity contribution in [3.8, 4) is 5.75 Å². The van der Waals surface area contributed by atoms with Gasteiger partial charge in [-0.1, -0.05) is 30.3 Å². The zero-order valence-corrected chi connectivity index (χ0v) is 14.5. The van der Waals surface area contributed by atoms with Crippen molar-refractivity contribution in [2.24, 2.45) is 11.6 Å². The maximum absolute atomic E-state index is 12.2. The van der Waals surface area contributed by atoms with Crippen molar-refractivity contribution in [2.75, 3.05) is 0 Å². The lowest BCUT2D eigenvalue weighted by Gasteiger charge is -2.09. The first-order chi connectivity index (χ1) is 13.4. The first-order valence-corrected chi connectivity index (χ1v) is 7.98. The molecule has 3 rings (SSSR count). The van der Waals surface area contributed by atoms with E-state index in [0.29, 0.717) is 17.9 Å². The Morgan fingerprint density at radius 2 is 1.82 bits per heavy atom. The van der Waals surface area contributed by atoms with Crippen molar-refractivity contribution < 1.29 is 22.7 Å². The fourth-order valence-corrected chi connectivity index (χ4v) is 2.35. The largest absolute Gasteiger partial charge is 0.573 e. The number of nitrogens with one attached hydrogen (secondary N) is 2. The minimum atomic E-state index is -4.70. The van der Waals surface area contributed by atoms with Crippen LogP contribution in [0.15, 0.2) is 54.6 Å². The summed E-state index contributed by atoms with van der Waals surface area (Å²) >= 11 is 0. The number of rotatable bonds is 5. The van der Waals surface area contributed by atoms with Crippen LogP contribution in [0.2, 0.25) is 0 Å². The molecule has 0 saturated carbocycles. The van der Waals surface area contributed by atoms with Crippen LogP contribution in [0.4, 0.5) is 13.2 Å². The van der Waals surface area contributed by atoms with Gasteiger partial charge in [-0.2, -0.15) is 0 Å². The van der Waals surface area contributed by atoms with Crippen LogP contribution in [0, 0.1) is 0 Å². The van der Waals surface area contributed by atoms with Gasteiger partial charge in [0.05, 0.1) is 16.7 Å². The minimum Gasteiger partial charge on any atom is -0.406 e. The summed E-state index contributed by atoms with van der Waals surface area (Å²) in [6, 6.07) is 13.2. The van der Waals surface area contributed by atoms with E-state index in [9.17, 15) is 13.2 Å². The maximum Gasteiger partial charge on any atom is 0.573 e. The Morgan fingerprint density at radius 3 is 2.39 bits per heavy atom. The van der Waals surface area contributed by atoms with E-state index < -0.39 is 6.36 Å². The number of aromatic nitrogens is 2. The third-order valence-corrected chi connectivity index (χ3v) is 3.50. The number of primary amides is 1. The Labute approximate surface area is 158 Å². The number of hydrogen-bond acceptors (Lipinski definition) is 5. The van der Waals surface area contributed by atoms with Crippen molar-refractivity contribution in [3.05, 3.63) is 66.0 Å². The van der Waals surface area contributed by atoms with Crippen LogP contribution in [0.5, 0.6) is 5.75 Å². The van der Waals surface area contributed by atoms with Gasteiger partial charge in [0.25, 0.3) is 0 Å². The van der Waals surface area contributed by atoms with E-state index in [1.807, 2.05) is 24.3 Å². The molecule has 148 valence electrons. The summed E-state index contributed by atoms with van der Waals surface area (Å²) in [6.07, 6.45) is -2.18. The van der Waals surface area contributed by atoms with Crippen molar-refractivity contribution in [2.45, 2.75) is 12.8 Å². The highest BCUT2D eigenvalue weighted by atomic mass is 19.4. The highest BCUT2D eigenvalue weighted by molar-refractivity contribution is 5.78. The van der Waals surface area contributed by atoms with Gasteiger partial charge >= 0.3 is 6.36 Å². The third kappa shape index (κ3) is 6.02. The van der Waals surface area contributed by atoms with E-state index >= 15 is 0 Å². The van der Waals surface area contributed by atoms with Crippen molar-refractivity contribution in [3.63, 3.8) is 0 Å². The molecule has 0 spiro atoms. The second-order valence-corrected chi connectivity index (χ2v) is 5.40. The normalized spacial score (nSPS) is 11.5. The quantitative estimate of drug-likeness (QED) is 0.302. The van der Waals surface area contributed by atoms with Crippen LogP contribution in [-0.4, -0.2) is 22.7 Å². The number of halogens is 3. The molecule has 1 aromatic heterocycles. The number of ether oxygens (including phenoxy) is 1. The van der Waals surface area contributed by atoms with Gasteiger partial charge in [-0.3, -0.25) is 10.6 Å². The third-order valence-electron chi connectivity index (χ3n) is 3.50. The number of nitrogens with two attached hydrogens (primary N) is 2. The Hall–Kier alpha value is -3.53. The van der Waals surface area contributed by atoms with Gasteiger partial charge in [0.1, 0.15) is 5.75 Å². The predicted octanol–water partition coefficient (Wildman–Crippen LogP) is 2.61. The zero-order valence-electron chi connectivity index (χ0n) is 14.5. The summed E-state index contributed by atoms with van der Waals surface area (Å²) in [4.78, 5) is 16.2. The first-order valence-electron chi connectivity index (χ1n) is 7.98. The molecule has 6 N–H and O–H groups in total. The number of carbonyl (C=O) groups is 1. The molecule has 10 heteroatoms. The fourth-order valence-electron chi connectivity index (χ4n) is 2.35. The lowest BCUT2D eigenvalue weighted by atomic mass is 10.1. The number of para-hydroxylation sites is 2. The number of H-pyrrole nitrogens is 1. The molecule has 28 heavy (non-hydrogen) atoms. The summed E-state index contributed by atoms with van der Waals surface area (Å²) in [7, 11) is 0. The molecule has 1 heterocycles. The van der Waals surface area contributed by atoms with Gasteiger partial charge < -0.3 is 20.9 Å². The number of fused-ring (bicyclic) bond motifs is 1. The Morgan fingerprint density at radius 1 is 1.18 bits per heavy atom. The highest BCUT2D eigenvalue weighted by Crippen LogP contribution is 2.23. The Kier molecular flexibility index (Phi) is 6.99. The van der Waals surface area contributed by atoms with Crippen molar-refractivity contribution in [1.29, 1.82) is 0 Å². The van der Waals surface area contributed by atoms with E-state index in [1.54, 1.807) is 18.2 Å². The Balaban J connectivity index is 0.000000878. The van der Waals surface area contributed by atoms with Crippen molar-refractivity contribution >= 4 is 23.1 Å². The molecule has 1 amide bonds. The molecule has 2 aromatic carbocycles. The van der Waals surface area contributed by atoms with Crippen LogP contribution in [0.3, 0.4) is 0 Å². The first kappa shape index (κ1) is 20.8. The molecule has 0 radical (unpaired) electrons. The number of imidazole rings is 1. The van der Waals surface area contributed by atoms with Gasteiger partial charge in [-0.15, -0.1) is 13.2 Å². The van der Waals surface area contributed by atoms with Gasteiger partial charge in [0.15, 0.2) is 5.82 Å². The van der Waals surface area contributed by atoms with E-state index in [-0.39, 0.29) is 12.2 Å². The number of hydrogen-bond donors (Lipinski definition) is 4. The number of aromatic amines is 1. The SMILES string of the molecule is NC=O.NN/C(=C\Cc1ccc(OC(F)(F)F)cc1)c1nc2ccccc2[nH]1. The van der Waals surface area contributed by atoms with Crippen LogP contribution in [0.1, 0.15) is 11.4 Å². The average Bonchev–Trinajstić information content (AvgIpc) is 3.07. The molecule has 3 aromatic rings. The zero-order chi connectivity index (χ0) is 20.6. The van der Waals surface area contributed by atoms with E-state index in [2.05, 4.69) is 25.9 Å². The van der Waals surface area contributed by atoms with E-state index in [4.69, 9.17) is 10.6 Å². The number of alkyl halides is 3. The van der Waals surface area contributed by atoms with Crippen LogP contribution < -0.4 is 21.7 Å². The van der Waals surface area contributed by atoms with E-state index in [1.165, 1.54) is 12.1 Å². The number of amides is 1. The topological polar surface area (TPSA) is 119 Å². The van der Waals surface area contributed by atoms with Crippen molar-refractivity contribution in [1.82, 2.24) is 15.4 Å². The number of allylic oxidation sites excluding steroid dienone is 1. The van der Waals surface area contributed by atoms with Crippen LogP contribution >= 0.6 is 0 Å². The molecule has 0 saturated heterocycles. The van der Waals surface area contributed by atoms with Crippen LogP contribution in [0.25, 0.3) is 16.7 Å². The fraction of sp³-hybridized carbons (Fsp3) is 0.111. The average molecular weight is 393 g/mol. The molecule has 0 aliphatic carbocycles. The molecule has 0 aliphatic heterocycles. The van der Waals surface area contributed by atoms with Gasteiger partial charge in [0.2, 0.25) is 6.41 Å². The van der Waals surface area contributed by atoms with E-state index in [0.717, 1.165) is 16.6 Å². The standard InChI is InChI=1S/C17H15F3N4O.CH3NO/c18-17(19,20)25-12-8-5-11(6-9-12)7-10-15(24-21)16-22-13-3-1-2-4-14(13)23-16;2-1-3/h1-6,8-10,24H,7,21H2,(H,22,23);1H,(H2,2,3)/b15-10-;. The molecule has 0 atom stereocenters. The lowest BCUT2D eigenvalue weighted by molar-refractivity contribution is -0.274. The molecule has 0 aliphatic rings. The molecule has 7 nitrogen and oxygen atoms in total. The summed E-state index contributed by atoms with van der Waals surface area (Å²) < 4.78 is 40.3. The van der Waals surface area contributed by atoms with Crippen LogP contribution in [-0.2, 0) is 11.2 Å². The predicted molar refractivity (Wildman–Crippen MR) is 98.5 cm³/mol. The number of carbonyl (C=O) groups excluding carboxylic acids is 1. The second kappa shape index (κ2) is 9.42. The van der Waals surface area contributed by atoms with Gasteiger partial charge in [-0.25, -0.2) is 4.98 Å². The van der Waals surface area contributed by atoms with Gasteiger partial charge in [-0.05, 0) is 36.2 Å². The molecular weight excluding hydrogens is 375 g/mol. The molecule has 0 fully saturated rings. The Bertz CT molecular complexity index is 903. The second-order valence-electron chi connectivity index (χ2n) is 5.40. The summed E-state index contributed by atoms with van der Waals surface area (Å²) in [5.41, 5.74) is 9.84. The maximum atomic E-state index is 12.2. The number of benzene rings is 2. The minimum absolute atomic E-state index is 0.250. The monoisotopic (exact) mass is 393 g/mol. The molecule has 0 bridgehead atoms. The molecular formula is C18H18F3N5O2. The highest BCUT2D eigenvalue weighted by Gasteiger charge is 2.30. The smallest absolute Gasteiger partial charge is 0.406 e. The van der Waals surface area contributed by atoms with Gasteiger partial charge in [0, 0.05) is 0 Å². The number of hydrazine groups is 1. The lowest BCUT2D eigenvalue weighted by Crippen LogP contribution is -2.21. The summed E-state index contributed by atoms with van der Waals surface area (Å²) in [6.45, 7) is 0. The molecule has 0 unspecified atom stereocenters. The number of nitrogens with zero attached hydrogens (tertiary/aromatic N) is 1. The summed E-state index contributed by atoms with van der Waals surface area (Å²) in [5, 5.41) is 0.